The van der Waals surface area contributed by atoms with E-state index in [-0.39, 0.29) is 0 Å². The quantitative estimate of drug-likeness (QED) is 0.656. The molecule has 0 bridgehead atoms. The van der Waals surface area contributed by atoms with Crippen LogP contribution in [0, 0.1) is 0 Å². The van der Waals surface area contributed by atoms with Gasteiger partial charge < -0.3 is 10.6 Å². The first kappa shape index (κ1) is 13.9. The third kappa shape index (κ3) is 2.97. The Labute approximate surface area is 130 Å². The van der Waals surface area contributed by atoms with Crippen LogP contribution >= 0.6 is 27.7 Å². The lowest BCUT2D eigenvalue weighted by atomic mass is 10.1. The molecule has 6 heteroatoms. The number of fused-ring (bicyclic) bond motifs is 1. The number of thioether (sulfide) groups is 1. The Morgan fingerprint density at radius 1 is 1.25 bits per heavy atom. The van der Waals surface area contributed by atoms with E-state index in [1.165, 1.54) is 5.56 Å². The summed E-state index contributed by atoms with van der Waals surface area (Å²) < 4.78 is 1.07. The first-order chi connectivity index (χ1) is 9.76. The third-order valence-electron chi connectivity index (χ3n) is 3.20. The predicted molar refractivity (Wildman–Crippen MR) is 86.6 cm³/mol. The normalized spacial score (nSPS) is 13.9. The molecule has 0 saturated carbocycles. The molecule has 0 amide bonds. The average molecular weight is 351 g/mol. The molecule has 0 atom stereocenters. The molecule has 1 aromatic heterocycles. The van der Waals surface area contributed by atoms with Crippen LogP contribution in [0.1, 0.15) is 11.3 Å². The molecule has 2 aromatic rings. The summed E-state index contributed by atoms with van der Waals surface area (Å²) in [5.41, 5.74) is 3.37. The highest BCUT2D eigenvalue weighted by atomic mass is 79.9. The van der Waals surface area contributed by atoms with Crippen molar-refractivity contribution in [1.82, 2.24) is 15.3 Å². The maximum Gasteiger partial charge on any atom is 0.189 e. The molecule has 1 aliphatic heterocycles. The molecule has 2 N–H and O–H groups in total. The zero-order chi connectivity index (χ0) is 13.9. The molecule has 0 unspecified atom stereocenters. The van der Waals surface area contributed by atoms with Crippen molar-refractivity contribution in [1.29, 1.82) is 0 Å². The number of anilines is 2. The van der Waals surface area contributed by atoms with Crippen LogP contribution < -0.4 is 10.6 Å². The molecule has 4 nitrogen and oxygen atoms in total. The third-order valence-corrected chi connectivity index (χ3v) is 4.28. The van der Waals surface area contributed by atoms with E-state index in [0.717, 1.165) is 46.3 Å². The van der Waals surface area contributed by atoms with Crippen LogP contribution in [0.15, 0.2) is 33.9 Å². The number of benzene rings is 1. The number of nitrogens with one attached hydrogen (secondary N) is 2. The average Bonchev–Trinajstić information content (AvgIpc) is 2.49. The molecule has 0 fully saturated rings. The van der Waals surface area contributed by atoms with Crippen molar-refractivity contribution in [3.63, 3.8) is 0 Å². The lowest BCUT2D eigenvalue weighted by Gasteiger charge is -2.20. The van der Waals surface area contributed by atoms with E-state index in [4.69, 9.17) is 0 Å². The molecular weight excluding hydrogens is 336 g/mol. The number of nitrogens with zero attached hydrogens (tertiary/aromatic N) is 2. The van der Waals surface area contributed by atoms with E-state index in [1.807, 2.05) is 30.5 Å². The molecule has 0 spiro atoms. The molecule has 104 valence electrons. The molecular formula is C14H15BrN4S. The summed E-state index contributed by atoms with van der Waals surface area (Å²) >= 11 is 5.03. The second-order valence-corrected chi connectivity index (χ2v) is 6.23. The minimum Gasteiger partial charge on any atom is -0.340 e. The zero-order valence-corrected chi connectivity index (χ0v) is 13.5. The van der Waals surface area contributed by atoms with Gasteiger partial charge in [0, 0.05) is 35.2 Å². The van der Waals surface area contributed by atoms with Gasteiger partial charge in [-0.1, -0.05) is 27.7 Å². The summed E-state index contributed by atoms with van der Waals surface area (Å²) in [6.07, 6.45) is 2.96. The Hall–Kier alpha value is -1.11. The van der Waals surface area contributed by atoms with Crippen molar-refractivity contribution in [2.24, 2.45) is 0 Å². The molecule has 1 aromatic carbocycles. The Morgan fingerprint density at radius 3 is 2.80 bits per heavy atom. The van der Waals surface area contributed by atoms with Gasteiger partial charge in [-0.15, -0.1) is 0 Å². The van der Waals surface area contributed by atoms with Gasteiger partial charge in [0.2, 0.25) is 0 Å². The molecule has 0 saturated heterocycles. The maximum atomic E-state index is 4.61. The first-order valence-corrected chi connectivity index (χ1v) is 8.45. The van der Waals surface area contributed by atoms with Crippen molar-refractivity contribution in [3.05, 3.63) is 40.0 Å². The van der Waals surface area contributed by atoms with Crippen LogP contribution in [0.3, 0.4) is 0 Å². The van der Waals surface area contributed by atoms with Crippen molar-refractivity contribution < 1.29 is 0 Å². The predicted octanol–water partition coefficient (Wildman–Crippen LogP) is 3.35. The fourth-order valence-electron chi connectivity index (χ4n) is 2.19. The van der Waals surface area contributed by atoms with Crippen LogP contribution in [0.25, 0.3) is 0 Å². The van der Waals surface area contributed by atoms with Gasteiger partial charge in [-0.05, 0) is 30.5 Å². The summed E-state index contributed by atoms with van der Waals surface area (Å²) in [6, 6.07) is 8.11. The lowest BCUT2D eigenvalue weighted by molar-refractivity contribution is 0.619. The molecule has 1 aliphatic rings. The minimum atomic E-state index is 0.822. The van der Waals surface area contributed by atoms with Gasteiger partial charge in [0.15, 0.2) is 5.16 Å². The fourth-order valence-corrected chi connectivity index (χ4v) is 2.83. The fraction of sp³-hybridized carbons (Fsp3) is 0.286. The Bertz CT molecular complexity index is 615. The Kier molecular flexibility index (Phi) is 4.24. The van der Waals surface area contributed by atoms with Gasteiger partial charge >= 0.3 is 0 Å². The van der Waals surface area contributed by atoms with Gasteiger partial charge in [-0.2, -0.15) is 0 Å². The van der Waals surface area contributed by atoms with E-state index < -0.39 is 0 Å². The van der Waals surface area contributed by atoms with Gasteiger partial charge in [0.1, 0.15) is 5.82 Å². The highest BCUT2D eigenvalue weighted by Crippen LogP contribution is 2.26. The molecule has 3 rings (SSSR count). The largest absolute Gasteiger partial charge is 0.340 e. The second kappa shape index (κ2) is 6.11. The van der Waals surface area contributed by atoms with E-state index in [2.05, 4.69) is 36.5 Å². The highest BCUT2D eigenvalue weighted by molar-refractivity contribution is 9.10. The topological polar surface area (TPSA) is 49.8 Å². The second-order valence-electron chi connectivity index (χ2n) is 4.54. The number of rotatable bonds is 3. The zero-order valence-electron chi connectivity index (χ0n) is 11.1. The van der Waals surface area contributed by atoms with Crippen LogP contribution in [-0.4, -0.2) is 22.8 Å². The van der Waals surface area contributed by atoms with Crippen LogP contribution in [0.2, 0.25) is 0 Å². The standard InChI is InChI=1S/C14H15BrN4S/c1-20-14-18-12-6-7-16-8-11(12)13(19-14)17-10-4-2-9(15)3-5-10/h2-5,16H,6-8H2,1H3,(H,17,18,19). The van der Waals surface area contributed by atoms with E-state index in [0.29, 0.717) is 0 Å². The van der Waals surface area contributed by atoms with Crippen LogP contribution in [0.5, 0.6) is 0 Å². The van der Waals surface area contributed by atoms with Gasteiger partial charge in [0.25, 0.3) is 0 Å². The minimum absolute atomic E-state index is 0.822. The van der Waals surface area contributed by atoms with Gasteiger partial charge in [-0.25, -0.2) is 9.97 Å². The van der Waals surface area contributed by atoms with Crippen LogP contribution in [-0.2, 0) is 13.0 Å². The van der Waals surface area contributed by atoms with Gasteiger partial charge in [0.05, 0.1) is 5.69 Å². The smallest absolute Gasteiger partial charge is 0.189 e. The number of hydrogen-bond acceptors (Lipinski definition) is 5. The molecule has 20 heavy (non-hydrogen) atoms. The van der Waals surface area contributed by atoms with E-state index in [1.54, 1.807) is 11.8 Å². The monoisotopic (exact) mass is 350 g/mol. The summed E-state index contributed by atoms with van der Waals surface area (Å²) in [6.45, 7) is 1.80. The maximum absolute atomic E-state index is 4.61. The molecule has 0 aliphatic carbocycles. The van der Waals surface area contributed by atoms with Gasteiger partial charge in [-0.3, -0.25) is 0 Å². The molecule has 2 heterocycles. The summed E-state index contributed by atoms with van der Waals surface area (Å²) in [5.74, 6) is 0.911. The first-order valence-electron chi connectivity index (χ1n) is 6.43. The Balaban J connectivity index is 1.96. The summed E-state index contributed by atoms with van der Waals surface area (Å²) in [5, 5.41) is 7.61. The number of aromatic nitrogens is 2. The van der Waals surface area contributed by atoms with E-state index >= 15 is 0 Å². The summed E-state index contributed by atoms with van der Waals surface area (Å²) in [4.78, 5) is 9.22. The Morgan fingerprint density at radius 2 is 2.05 bits per heavy atom. The summed E-state index contributed by atoms with van der Waals surface area (Å²) in [7, 11) is 0. The number of hydrogen-bond donors (Lipinski definition) is 2. The SMILES string of the molecule is CSc1nc2c(c(Nc3ccc(Br)cc3)n1)CNCC2. The van der Waals surface area contributed by atoms with Crippen molar-refractivity contribution >= 4 is 39.2 Å². The van der Waals surface area contributed by atoms with E-state index in [9.17, 15) is 0 Å². The van der Waals surface area contributed by atoms with Crippen molar-refractivity contribution in [3.8, 4) is 0 Å². The van der Waals surface area contributed by atoms with Crippen molar-refractivity contribution in [2.45, 2.75) is 18.1 Å². The highest BCUT2D eigenvalue weighted by Gasteiger charge is 2.17. The van der Waals surface area contributed by atoms with Crippen molar-refractivity contribution in [2.75, 3.05) is 18.1 Å². The molecule has 0 radical (unpaired) electrons. The number of halogens is 1. The lowest BCUT2D eigenvalue weighted by Crippen LogP contribution is -2.26. The van der Waals surface area contributed by atoms with Crippen LogP contribution in [0.4, 0.5) is 11.5 Å².